The van der Waals surface area contributed by atoms with E-state index < -0.39 is 34.1 Å². The van der Waals surface area contributed by atoms with Gasteiger partial charge in [0.25, 0.3) is 11.5 Å². The maximum atomic E-state index is 13.3. The number of nitrogens with zero attached hydrogens (tertiary/aromatic N) is 4. The highest BCUT2D eigenvalue weighted by molar-refractivity contribution is 7.89. The largest absolute Gasteiger partial charge is 0.394 e. The Bertz CT molecular complexity index is 1200. The number of amides is 1. The van der Waals surface area contributed by atoms with Crippen LogP contribution in [0.5, 0.6) is 0 Å². The third-order valence-corrected chi connectivity index (χ3v) is 8.21. The van der Waals surface area contributed by atoms with Crippen molar-refractivity contribution in [2.45, 2.75) is 24.3 Å². The van der Waals surface area contributed by atoms with E-state index in [1.807, 2.05) is 7.05 Å². The smallest absolute Gasteiger partial charge is 0.287 e. The number of carbonyl (C=O) groups excluding carboxylic acids is 1. The van der Waals surface area contributed by atoms with Crippen LogP contribution in [0.2, 0.25) is 10.0 Å². The van der Waals surface area contributed by atoms with Gasteiger partial charge in [-0.2, -0.15) is 9.40 Å². The molecule has 10 nitrogen and oxygen atoms in total. The van der Waals surface area contributed by atoms with E-state index >= 15 is 0 Å². The zero-order chi connectivity index (χ0) is 24.3. The first-order valence-corrected chi connectivity index (χ1v) is 12.4. The van der Waals surface area contributed by atoms with Crippen LogP contribution in [-0.2, 0) is 14.8 Å². The normalized spacial score (nSPS) is 16.9. The Balaban J connectivity index is 1.88. The first-order valence-electron chi connectivity index (χ1n) is 10.2. The van der Waals surface area contributed by atoms with Crippen molar-refractivity contribution in [1.29, 1.82) is 0 Å². The summed E-state index contributed by atoms with van der Waals surface area (Å²) in [7, 11) is -1.84. The fourth-order valence-electron chi connectivity index (χ4n) is 3.50. The van der Waals surface area contributed by atoms with E-state index in [2.05, 4.69) is 15.3 Å². The van der Waals surface area contributed by atoms with Crippen molar-refractivity contribution < 1.29 is 18.3 Å². The number of hydrogen-bond acceptors (Lipinski definition) is 7. The summed E-state index contributed by atoms with van der Waals surface area (Å²) >= 11 is 11.6. The molecule has 2 N–H and O–H groups in total. The van der Waals surface area contributed by atoms with Gasteiger partial charge in [-0.15, -0.1) is 0 Å². The molecule has 0 radical (unpaired) electrons. The van der Waals surface area contributed by atoms with Crippen molar-refractivity contribution >= 4 is 44.8 Å². The van der Waals surface area contributed by atoms with E-state index in [4.69, 9.17) is 23.2 Å². The number of sulfonamides is 1. The van der Waals surface area contributed by atoms with Crippen molar-refractivity contribution in [3.63, 3.8) is 0 Å². The van der Waals surface area contributed by atoms with Gasteiger partial charge in [-0.05, 0) is 44.6 Å². The van der Waals surface area contributed by atoms with Gasteiger partial charge in [0.1, 0.15) is 5.02 Å². The number of benzene rings is 1. The monoisotopic (exact) mass is 517 g/mol. The van der Waals surface area contributed by atoms with Crippen LogP contribution in [-0.4, -0.2) is 78.3 Å². The number of hydrogen-bond donors (Lipinski definition) is 2. The average Bonchev–Trinajstić information content (AvgIpc) is 3.00. The van der Waals surface area contributed by atoms with E-state index in [0.29, 0.717) is 25.2 Å². The number of halogens is 2. The van der Waals surface area contributed by atoms with Gasteiger partial charge in [0.2, 0.25) is 10.0 Å². The maximum absolute atomic E-state index is 13.3. The molecule has 1 saturated heterocycles. The summed E-state index contributed by atoms with van der Waals surface area (Å²) in [5, 5.41) is 15.6. The van der Waals surface area contributed by atoms with Crippen molar-refractivity contribution in [1.82, 2.24) is 19.0 Å². The Morgan fingerprint density at radius 3 is 2.67 bits per heavy atom. The Labute approximate surface area is 201 Å². The number of aliphatic hydroxyl groups excluding tert-OH is 1. The minimum Gasteiger partial charge on any atom is -0.394 e. The lowest BCUT2D eigenvalue weighted by Crippen LogP contribution is -2.37. The van der Waals surface area contributed by atoms with Gasteiger partial charge in [-0.3, -0.25) is 9.59 Å². The molecule has 0 bridgehead atoms. The van der Waals surface area contributed by atoms with E-state index in [0.717, 1.165) is 23.8 Å². The third-order valence-electron chi connectivity index (χ3n) is 5.42. The predicted molar refractivity (Wildman–Crippen MR) is 125 cm³/mol. The van der Waals surface area contributed by atoms with Crippen LogP contribution >= 0.6 is 23.2 Å². The Morgan fingerprint density at radius 2 is 1.97 bits per heavy atom. The number of aryl methyl sites for hydroxylation is 1. The molecule has 180 valence electrons. The highest BCUT2D eigenvalue weighted by atomic mass is 35.5. The van der Waals surface area contributed by atoms with E-state index in [1.165, 1.54) is 10.4 Å². The lowest BCUT2D eigenvalue weighted by atomic mass is 10.2. The van der Waals surface area contributed by atoms with Gasteiger partial charge in [0.05, 0.1) is 22.7 Å². The molecule has 0 aliphatic carbocycles. The second-order valence-electron chi connectivity index (χ2n) is 7.79. The number of carbonyl (C=O) groups is 1. The van der Waals surface area contributed by atoms with Gasteiger partial charge >= 0.3 is 0 Å². The second-order valence-corrected chi connectivity index (χ2v) is 10.5. The minimum atomic E-state index is -3.79. The molecular formula is C20H25Cl2N5O5S. The second kappa shape index (κ2) is 10.5. The molecular weight excluding hydrogens is 493 g/mol. The summed E-state index contributed by atoms with van der Waals surface area (Å²) in [4.78, 5) is 27.3. The van der Waals surface area contributed by atoms with Crippen molar-refractivity contribution in [2.75, 3.05) is 45.2 Å². The zero-order valence-electron chi connectivity index (χ0n) is 18.2. The van der Waals surface area contributed by atoms with Gasteiger partial charge in [0.15, 0.2) is 6.04 Å². The summed E-state index contributed by atoms with van der Waals surface area (Å²) in [6.45, 7) is 3.14. The number of nitrogens with one attached hydrogen (secondary N) is 1. The van der Waals surface area contributed by atoms with Crippen molar-refractivity contribution in [2.24, 2.45) is 0 Å². The number of likely N-dealkylation sites (N-methyl/N-ethyl adjacent to an activating group) is 1. The first kappa shape index (κ1) is 25.6. The molecule has 1 aliphatic rings. The van der Waals surface area contributed by atoms with Gasteiger partial charge in [-0.1, -0.05) is 29.3 Å². The number of rotatable bonds is 6. The summed E-state index contributed by atoms with van der Waals surface area (Å²) < 4.78 is 28.8. The van der Waals surface area contributed by atoms with E-state index in [-0.39, 0.29) is 20.6 Å². The lowest BCUT2D eigenvalue weighted by molar-refractivity contribution is -0.120. The Morgan fingerprint density at radius 1 is 1.24 bits per heavy atom. The molecule has 2 aromatic rings. The molecule has 1 aliphatic heterocycles. The van der Waals surface area contributed by atoms with Crippen LogP contribution < -0.4 is 10.9 Å². The van der Waals surface area contributed by atoms with Crippen LogP contribution in [0.15, 0.2) is 34.1 Å². The molecule has 13 heteroatoms. The molecule has 1 amide bonds. The first-order chi connectivity index (χ1) is 15.6. The van der Waals surface area contributed by atoms with E-state index in [1.54, 1.807) is 19.1 Å². The average molecular weight is 518 g/mol. The van der Waals surface area contributed by atoms with Crippen LogP contribution in [0.25, 0.3) is 0 Å². The summed E-state index contributed by atoms with van der Waals surface area (Å²) in [6.07, 6.45) is 1.81. The minimum absolute atomic E-state index is 0.0789. The van der Waals surface area contributed by atoms with Crippen LogP contribution in [0.3, 0.4) is 0 Å². The molecule has 2 heterocycles. The highest BCUT2D eigenvalue weighted by Crippen LogP contribution is 2.25. The predicted octanol–water partition coefficient (Wildman–Crippen LogP) is 1.36. The van der Waals surface area contributed by atoms with Gasteiger partial charge in [-0.25, -0.2) is 13.1 Å². The number of aliphatic hydroxyl groups is 1. The van der Waals surface area contributed by atoms with Crippen LogP contribution in [0, 0.1) is 6.92 Å². The zero-order valence-corrected chi connectivity index (χ0v) is 20.5. The molecule has 1 aromatic carbocycles. The summed E-state index contributed by atoms with van der Waals surface area (Å²) in [6, 6.07) is 3.11. The quantitative estimate of drug-likeness (QED) is 0.592. The molecule has 0 unspecified atom stereocenters. The van der Waals surface area contributed by atoms with Crippen molar-refractivity contribution in [3.05, 3.63) is 50.4 Å². The molecule has 1 atom stereocenters. The number of aromatic nitrogens is 2. The fourth-order valence-corrected chi connectivity index (χ4v) is 5.48. The molecule has 33 heavy (non-hydrogen) atoms. The molecule has 0 saturated carbocycles. The maximum Gasteiger partial charge on any atom is 0.287 e. The number of anilines is 1. The summed E-state index contributed by atoms with van der Waals surface area (Å²) in [5.74, 6) is -0.769. The topological polar surface area (TPSA) is 125 Å². The van der Waals surface area contributed by atoms with Crippen LogP contribution in [0.4, 0.5) is 5.69 Å². The standard InChI is InChI=1S/C20H25Cl2N5O5S/c1-13-4-5-14(10-17(13)33(31,32)26-7-3-6-25(2)8-9-26)24-19(29)16(12-28)27-20(30)18(22)15(21)11-23-27/h4-5,10-11,16,28H,3,6-9,12H2,1-2H3,(H,24,29)/t16-/m1/s1. The van der Waals surface area contributed by atoms with Gasteiger partial charge < -0.3 is 15.3 Å². The molecule has 1 aromatic heterocycles. The molecule has 3 rings (SSSR count). The summed E-state index contributed by atoms with van der Waals surface area (Å²) in [5.41, 5.74) is -0.106. The van der Waals surface area contributed by atoms with Crippen molar-refractivity contribution in [3.8, 4) is 0 Å². The Hall–Kier alpha value is -2.02. The SMILES string of the molecule is Cc1ccc(NC(=O)[C@@H](CO)n2ncc(Cl)c(Cl)c2=O)cc1S(=O)(=O)N1CCCN(C)CC1. The molecule has 1 fully saturated rings. The van der Waals surface area contributed by atoms with Crippen LogP contribution in [0.1, 0.15) is 18.0 Å². The lowest BCUT2D eigenvalue weighted by Gasteiger charge is -2.22. The third kappa shape index (κ3) is 5.56. The van der Waals surface area contributed by atoms with E-state index in [9.17, 15) is 23.1 Å². The molecule has 0 spiro atoms. The fraction of sp³-hybridized carbons (Fsp3) is 0.450. The highest BCUT2D eigenvalue weighted by Gasteiger charge is 2.29. The Kier molecular flexibility index (Phi) is 8.14. The van der Waals surface area contributed by atoms with Gasteiger partial charge in [0, 0.05) is 25.3 Å².